The molecule has 2 rings (SSSR count). The summed E-state index contributed by atoms with van der Waals surface area (Å²) in [6, 6.07) is 5.24. The summed E-state index contributed by atoms with van der Waals surface area (Å²) >= 11 is 3.40. The Morgan fingerprint density at radius 1 is 1.45 bits per heavy atom. The highest BCUT2D eigenvalue weighted by Crippen LogP contribution is 2.20. The van der Waals surface area contributed by atoms with Gasteiger partial charge in [-0.3, -0.25) is 0 Å². The van der Waals surface area contributed by atoms with Crippen LogP contribution in [0.2, 0.25) is 0 Å². The van der Waals surface area contributed by atoms with Gasteiger partial charge in [-0.1, -0.05) is 22.0 Å². The zero-order valence-corrected chi connectivity index (χ0v) is 13.6. The molecule has 2 N–H and O–H groups in total. The molecule has 20 heavy (non-hydrogen) atoms. The number of sulfone groups is 1. The van der Waals surface area contributed by atoms with Crippen LogP contribution in [0, 0.1) is 12.8 Å². The molecule has 0 bridgehead atoms. The summed E-state index contributed by atoms with van der Waals surface area (Å²) in [7, 11) is -2.89. The number of benzene rings is 1. The van der Waals surface area contributed by atoms with E-state index >= 15 is 0 Å². The number of hydrogen-bond acceptors (Lipinski definition) is 3. The molecule has 1 atom stereocenters. The Bertz CT molecular complexity index is 616. The molecule has 0 radical (unpaired) electrons. The first-order chi connectivity index (χ1) is 9.35. The molecular weight excluding hydrogens is 344 g/mol. The molecule has 7 heteroatoms. The molecule has 0 saturated carbocycles. The molecule has 0 unspecified atom stereocenters. The molecule has 5 nitrogen and oxygen atoms in total. The molecule has 0 spiro atoms. The lowest BCUT2D eigenvalue weighted by atomic mass is 10.1. The molecule has 1 aliphatic rings. The fraction of sp³-hybridized carbons (Fsp3) is 0.462. The van der Waals surface area contributed by atoms with Crippen molar-refractivity contribution in [3.05, 3.63) is 28.2 Å². The number of aryl methyl sites for hydroxylation is 1. The van der Waals surface area contributed by atoms with Crippen LogP contribution in [-0.4, -0.2) is 32.5 Å². The Kier molecular flexibility index (Phi) is 4.70. The van der Waals surface area contributed by atoms with E-state index in [4.69, 9.17) is 0 Å². The molecule has 110 valence electrons. The Hall–Kier alpha value is -1.08. The maximum Gasteiger partial charge on any atom is 0.319 e. The summed E-state index contributed by atoms with van der Waals surface area (Å²) in [6.45, 7) is 2.35. The predicted octanol–water partition coefficient (Wildman–Crippen LogP) is 2.31. The van der Waals surface area contributed by atoms with Gasteiger partial charge in [0.15, 0.2) is 9.84 Å². The zero-order chi connectivity index (χ0) is 14.8. The van der Waals surface area contributed by atoms with Crippen molar-refractivity contribution >= 4 is 37.5 Å². The first kappa shape index (κ1) is 15.3. The highest BCUT2D eigenvalue weighted by molar-refractivity contribution is 9.10. The highest BCUT2D eigenvalue weighted by atomic mass is 79.9. The van der Waals surface area contributed by atoms with Crippen molar-refractivity contribution in [2.24, 2.45) is 5.92 Å². The van der Waals surface area contributed by atoms with E-state index in [9.17, 15) is 13.2 Å². The van der Waals surface area contributed by atoms with Crippen molar-refractivity contribution in [3.8, 4) is 0 Å². The van der Waals surface area contributed by atoms with Crippen molar-refractivity contribution in [1.82, 2.24) is 5.32 Å². The average molecular weight is 361 g/mol. The van der Waals surface area contributed by atoms with Crippen LogP contribution in [0.1, 0.15) is 12.0 Å². The second kappa shape index (κ2) is 6.13. The molecule has 1 aromatic rings. The van der Waals surface area contributed by atoms with Gasteiger partial charge in [-0.05, 0) is 37.0 Å². The number of carbonyl (C=O) groups excluding carboxylic acids is 1. The number of urea groups is 1. The van der Waals surface area contributed by atoms with Gasteiger partial charge < -0.3 is 10.6 Å². The molecule has 1 aromatic carbocycles. The van der Waals surface area contributed by atoms with Gasteiger partial charge in [0.1, 0.15) is 0 Å². The van der Waals surface area contributed by atoms with Crippen LogP contribution in [0.5, 0.6) is 0 Å². The molecule has 1 aliphatic heterocycles. The van der Waals surface area contributed by atoms with Crippen LogP contribution < -0.4 is 10.6 Å². The fourth-order valence-corrected chi connectivity index (χ4v) is 4.36. The van der Waals surface area contributed by atoms with Crippen molar-refractivity contribution in [2.75, 3.05) is 23.4 Å². The highest BCUT2D eigenvalue weighted by Gasteiger charge is 2.27. The predicted molar refractivity (Wildman–Crippen MR) is 82.7 cm³/mol. The third-order valence-electron chi connectivity index (χ3n) is 3.31. The number of carbonyl (C=O) groups is 1. The number of hydrogen-bond donors (Lipinski definition) is 2. The van der Waals surface area contributed by atoms with Gasteiger partial charge >= 0.3 is 6.03 Å². The van der Waals surface area contributed by atoms with Gasteiger partial charge in [0, 0.05) is 16.7 Å². The topological polar surface area (TPSA) is 75.3 Å². The smallest absolute Gasteiger partial charge is 0.319 e. The number of amides is 2. The van der Waals surface area contributed by atoms with Crippen LogP contribution in [-0.2, 0) is 9.84 Å². The monoisotopic (exact) mass is 360 g/mol. The summed E-state index contributed by atoms with van der Waals surface area (Å²) in [6.07, 6.45) is 0.624. The first-order valence-corrected chi connectivity index (χ1v) is 8.98. The summed E-state index contributed by atoms with van der Waals surface area (Å²) < 4.78 is 23.6. The number of halogens is 1. The van der Waals surface area contributed by atoms with E-state index in [1.54, 1.807) is 0 Å². The van der Waals surface area contributed by atoms with Gasteiger partial charge in [0.05, 0.1) is 11.5 Å². The lowest BCUT2D eigenvalue weighted by Gasteiger charge is -2.11. The van der Waals surface area contributed by atoms with Gasteiger partial charge in [-0.15, -0.1) is 0 Å². The second-order valence-corrected chi connectivity index (χ2v) is 8.15. The Morgan fingerprint density at radius 2 is 2.20 bits per heavy atom. The molecule has 1 heterocycles. The van der Waals surface area contributed by atoms with Crippen LogP contribution >= 0.6 is 15.9 Å². The van der Waals surface area contributed by atoms with Crippen molar-refractivity contribution in [2.45, 2.75) is 13.3 Å². The van der Waals surface area contributed by atoms with E-state index in [1.807, 2.05) is 25.1 Å². The molecular formula is C13H17BrN2O3S. The van der Waals surface area contributed by atoms with E-state index in [2.05, 4.69) is 26.6 Å². The third-order valence-corrected chi connectivity index (χ3v) is 6.00. The van der Waals surface area contributed by atoms with Crippen molar-refractivity contribution < 1.29 is 13.2 Å². The number of nitrogens with one attached hydrogen (secondary N) is 2. The maximum absolute atomic E-state index is 11.7. The van der Waals surface area contributed by atoms with Gasteiger partial charge in [-0.2, -0.15) is 0 Å². The lowest BCUT2D eigenvalue weighted by molar-refractivity contribution is 0.250. The minimum Gasteiger partial charge on any atom is -0.338 e. The van der Waals surface area contributed by atoms with Gasteiger partial charge in [0.2, 0.25) is 0 Å². The van der Waals surface area contributed by atoms with Crippen LogP contribution in [0.3, 0.4) is 0 Å². The van der Waals surface area contributed by atoms with E-state index in [-0.39, 0.29) is 23.5 Å². The zero-order valence-electron chi connectivity index (χ0n) is 11.1. The summed E-state index contributed by atoms with van der Waals surface area (Å²) in [4.78, 5) is 11.7. The minimum absolute atomic E-state index is 0.0236. The normalized spacial score (nSPS) is 20.6. The molecule has 2 amide bonds. The average Bonchev–Trinajstić information content (AvgIpc) is 2.71. The first-order valence-electron chi connectivity index (χ1n) is 6.37. The molecule has 1 saturated heterocycles. The molecule has 0 aliphatic carbocycles. The maximum atomic E-state index is 11.7. The molecule has 1 fully saturated rings. The Labute approximate surface area is 127 Å². The van der Waals surface area contributed by atoms with Crippen molar-refractivity contribution in [1.29, 1.82) is 0 Å². The third kappa shape index (κ3) is 4.21. The standard InChI is InChI=1S/C13H17BrN2O3S/c1-9-2-3-11(6-12(9)14)16-13(17)15-7-10-4-5-20(18,19)8-10/h2-3,6,10H,4-5,7-8H2,1H3,(H2,15,16,17)/t10-/m1/s1. The van der Waals surface area contributed by atoms with E-state index in [0.717, 1.165) is 10.0 Å². The van der Waals surface area contributed by atoms with Crippen LogP contribution in [0.25, 0.3) is 0 Å². The van der Waals surface area contributed by atoms with Crippen molar-refractivity contribution in [3.63, 3.8) is 0 Å². The minimum atomic E-state index is -2.89. The largest absolute Gasteiger partial charge is 0.338 e. The summed E-state index contributed by atoms with van der Waals surface area (Å²) in [5.41, 5.74) is 1.78. The van der Waals surface area contributed by atoms with Crippen LogP contribution in [0.4, 0.5) is 10.5 Å². The number of rotatable bonds is 3. The van der Waals surface area contributed by atoms with E-state index < -0.39 is 9.84 Å². The number of anilines is 1. The Balaban J connectivity index is 1.82. The van der Waals surface area contributed by atoms with E-state index in [0.29, 0.717) is 18.7 Å². The quantitative estimate of drug-likeness (QED) is 0.868. The summed E-state index contributed by atoms with van der Waals surface area (Å²) in [5, 5.41) is 5.44. The van der Waals surface area contributed by atoms with Gasteiger partial charge in [0.25, 0.3) is 0 Å². The van der Waals surface area contributed by atoms with Crippen LogP contribution in [0.15, 0.2) is 22.7 Å². The lowest BCUT2D eigenvalue weighted by Crippen LogP contribution is -2.33. The van der Waals surface area contributed by atoms with Gasteiger partial charge in [-0.25, -0.2) is 13.2 Å². The second-order valence-electron chi connectivity index (χ2n) is 5.07. The SMILES string of the molecule is Cc1ccc(NC(=O)NC[C@H]2CCS(=O)(=O)C2)cc1Br. The summed E-state index contributed by atoms with van der Waals surface area (Å²) in [5.74, 6) is 0.422. The Morgan fingerprint density at radius 3 is 2.80 bits per heavy atom. The fourth-order valence-electron chi connectivity index (χ4n) is 2.12. The molecule has 0 aromatic heterocycles. The van der Waals surface area contributed by atoms with E-state index in [1.165, 1.54) is 0 Å².